The third kappa shape index (κ3) is 9.01. The summed E-state index contributed by atoms with van der Waals surface area (Å²) in [6.45, 7) is 11.2. The molecular formula is C19H34O. The number of methoxy groups -OCH3 is 1. The van der Waals surface area contributed by atoms with E-state index in [0.717, 1.165) is 17.6 Å². The van der Waals surface area contributed by atoms with E-state index in [1.165, 1.54) is 37.7 Å². The first-order chi connectivity index (χ1) is 9.57. The second kappa shape index (κ2) is 11.8. The van der Waals surface area contributed by atoms with Crippen molar-refractivity contribution in [2.45, 2.75) is 66.7 Å². The van der Waals surface area contributed by atoms with Crippen LogP contribution in [0.15, 0.2) is 35.6 Å². The maximum Gasteiger partial charge on any atom is 0.118 e. The fraction of sp³-hybridized carbons (Fsp3) is 0.684. The number of allylic oxidation sites excluding steroid dienone is 5. The summed E-state index contributed by atoms with van der Waals surface area (Å²) in [6, 6.07) is 0. The molecule has 0 aliphatic carbocycles. The van der Waals surface area contributed by atoms with E-state index < -0.39 is 0 Å². The molecule has 0 fully saturated rings. The standard InChI is InChI=1S/C19H34O/c1-7-10-18(9-3)15-17(5)14-16(4)12-13-19(20-6)11-8-2/h8,11-13,17-18H,7,9-10,14-15H2,1-6H3/b11-8-,16-12+,19-13+. The van der Waals surface area contributed by atoms with Crippen LogP contribution in [0.5, 0.6) is 0 Å². The molecule has 0 amide bonds. The fourth-order valence-corrected chi connectivity index (χ4v) is 2.75. The molecule has 0 saturated heterocycles. The Morgan fingerprint density at radius 2 is 1.90 bits per heavy atom. The molecule has 0 bridgehead atoms. The van der Waals surface area contributed by atoms with Crippen molar-refractivity contribution in [2.75, 3.05) is 7.11 Å². The van der Waals surface area contributed by atoms with Crippen molar-refractivity contribution in [1.82, 2.24) is 0 Å². The summed E-state index contributed by atoms with van der Waals surface area (Å²) < 4.78 is 5.29. The number of rotatable bonds is 10. The van der Waals surface area contributed by atoms with Gasteiger partial charge in [0, 0.05) is 0 Å². The van der Waals surface area contributed by atoms with Gasteiger partial charge >= 0.3 is 0 Å². The Labute approximate surface area is 126 Å². The minimum atomic E-state index is 0.767. The van der Waals surface area contributed by atoms with E-state index in [2.05, 4.69) is 39.8 Å². The zero-order valence-electron chi connectivity index (χ0n) is 14.4. The van der Waals surface area contributed by atoms with Gasteiger partial charge in [-0.05, 0) is 50.7 Å². The van der Waals surface area contributed by atoms with E-state index in [4.69, 9.17) is 4.74 Å². The van der Waals surface area contributed by atoms with Gasteiger partial charge in [0.25, 0.3) is 0 Å². The molecule has 0 aromatic rings. The normalized spacial score (nSPS) is 16.5. The van der Waals surface area contributed by atoms with Crippen molar-refractivity contribution < 1.29 is 4.74 Å². The van der Waals surface area contributed by atoms with Crippen molar-refractivity contribution in [2.24, 2.45) is 11.8 Å². The van der Waals surface area contributed by atoms with Crippen molar-refractivity contribution >= 4 is 0 Å². The Morgan fingerprint density at radius 3 is 2.40 bits per heavy atom. The summed E-state index contributed by atoms with van der Waals surface area (Å²) in [5.74, 6) is 2.58. The molecule has 0 aromatic carbocycles. The predicted octanol–water partition coefficient (Wildman–Crippen LogP) is 6.28. The van der Waals surface area contributed by atoms with Gasteiger partial charge < -0.3 is 4.74 Å². The van der Waals surface area contributed by atoms with Gasteiger partial charge in [-0.15, -0.1) is 0 Å². The second-order valence-electron chi connectivity index (χ2n) is 5.89. The molecular weight excluding hydrogens is 244 g/mol. The van der Waals surface area contributed by atoms with Crippen LogP contribution in [0.1, 0.15) is 66.7 Å². The lowest BCUT2D eigenvalue weighted by Crippen LogP contribution is -2.06. The van der Waals surface area contributed by atoms with Crippen molar-refractivity contribution in [3.63, 3.8) is 0 Å². The summed E-state index contributed by atoms with van der Waals surface area (Å²) >= 11 is 0. The van der Waals surface area contributed by atoms with Crippen molar-refractivity contribution in [1.29, 1.82) is 0 Å². The van der Waals surface area contributed by atoms with Crippen LogP contribution < -0.4 is 0 Å². The average molecular weight is 278 g/mol. The minimum absolute atomic E-state index is 0.767. The molecule has 0 rings (SSSR count). The topological polar surface area (TPSA) is 9.23 Å². The molecule has 0 aromatic heterocycles. The molecule has 116 valence electrons. The van der Waals surface area contributed by atoms with Crippen LogP contribution in [-0.4, -0.2) is 7.11 Å². The number of hydrogen-bond acceptors (Lipinski definition) is 1. The lowest BCUT2D eigenvalue weighted by Gasteiger charge is -2.19. The average Bonchev–Trinajstić information content (AvgIpc) is 2.42. The van der Waals surface area contributed by atoms with E-state index in [1.54, 1.807) is 7.11 Å². The van der Waals surface area contributed by atoms with E-state index in [-0.39, 0.29) is 0 Å². The van der Waals surface area contributed by atoms with Crippen molar-refractivity contribution in [3.05, 3.63) is 35.6 Å². The van der Waals surface area contributed by atoms with Crippen LogP contribution in [0.4, 0.5) is 0 Å². The SMILES string of the molecule is C\C=C/C(=C\C=C(/C)CC(C)CC(CC)CCC)OC. The molecule has 0 aliphatic heterocycles. The molecule has 2 atom stereocenters. The quantitative estimate of drug-likeness (QED) is 0.337. The highest BCUT2D eigenvalue weighted by molar-refractivity contribution is 5.20. The highest BCUT2D eigenvalue weighted by atomic mass is 16.5. The molecule has 0 heterocycles. The van der Waals surface area contributed by atoms with Crippen LogP contribution >= 0.6 is 0 Å². The maximum absolute atomic E-state index is 5.29. The summed E-state index contributed by atoms with van der Waals surface area (Å²) in [5.41, 5.74) is 1.43. The van der Waals surface area contributed by atoms with Gasteiger partial charge in [0.1, 0.15) is 5.76 Å². The van der Waals surface area contributed by atoms with E-state index >= 15 is 0 Å². The predicted molar refractivity (Wildman–Crippen MR) is 90.8 cm³/mol. The van der Waals surface area contributed by atoms with Crippen LogP contribution in [0.3, 0.4) is 0 Å². The van der Waals surface area contributed by atoms with Crippen LogP contribution in [0.2, 0.25) is 0 Å². The first kappa shape index (κ1) is 19.0. The van der Waals surface area contributed by atoms with Gasteiger partial charge in [-0.1, -0.05) is 57.8 Å². The Balaban J connectivity index is 4.39. The van der Waals surface area contributed by atoms with Gasteiger partial charge in [-0.3, -0.25) is 0 Å². The van der Waals surface area contributed by atoms with E-state index in [0.29, 0.717) is 0 Å². The van der Waals surface area contributed by atoms with Gasteiger partial charge in [-0.25, -0.2) is 0 Å². The van der Waals surface area contributed by atoms with Crippen LogP contribution in [0.25, 0.3) is 0 Å². The minimum Gasteiger partial charge on any atom is -0.497 e. The third-order valence-electron chi connectivity index (χ3n) is 3.78. The second-order valence-corrected chi connectivity index (χ2v) is 5.89. The van der Waals surface area contributed by atoms with Crippen molar-refractivity contribution in [3.8, 4) is 0 Å². The number of ether oxygens (including phenoxy) is 1. The van der Waals surface area contributed by atoms with E-state index in [9.17, 15) is 0 Å². The molecule has 0 spiro atoms. The molecule has 0 radical (unpaired) electrons. The largest absolute Gasteiger partial charge is 0.497 e. The molecule has 1 nitrogen and oxygen atoms in total. The molecule has 1 heteroatoms. The Morgan fingerprint density at radius 1 is 1.20 bits per heavy atom. The third-order valence-corrected chi connectivity index (χ3v) is 3.78. The van der Waals surface area contributed by atoms with Gasteiger partial charge in [0.2, 0.25) is 0 Å². The molecule has 0 N–H and O–H groups in total. The Hall–Kier alpha value is -0.980. The zero-order chi connectivity index (χ0) is 15.4. The highest BCUT2D eigenvalue weighted by Crippen LogP contribution is 2.24. The Bertz CT molecular complexity index is 323. The van der Waals surface area contributed by atoms with Gasteiger partial charge in [0.05, 0.1) is 7.11 Å². The molecule has 20 heavy (non-hydrogen) atoms. The van der Waals surface area contributed by atoms with Gasteiger partial charge in [-0.2, -0.15) is 0 Å². The first-order valence-corrected chi connectivity index (χ1v) is 8.11. The maximum atomic E-state index is 5.29. The molecule has 0 saturated carbocycles. The monoisotopic (exact) mass is 278 g/mol. The molecule has 0 aliphatic rings. The summed E-state index contributed by atoms with van der Waals surface area (Å²) in [5, 5.41) is 0. The Kier molecular flexibility index (Phi) is 11.2. The number of hydrogen-bond donors (Lipinski definition) is 0. The first-order valence-electron chi connectivity index (χ1n) is 8.11. The molecule has 2 unspecified atom stereocenters. The summed E-state index contributed by atoms with van der Waals surface area (Å²) in [6.07, 6.45) is 14.8. The van der Waals surface area contributed by atoms with Crippen LogP contribution in [-0.2, 0) is 4.74 Å². The fourth-order valence-electron chi connectivity index (χ4n) is 2.75. The summed E-state index contributed by atoms with van der Waals surface area (Å²) in [4.78, 5) is 0. The smallest absolute Gasteiger partial charge is 0.118 e. The van der Waals surface area contributed by atoms with E-state index in [1.807, 2.05) is 19.1 Å². The lowest BCUT2D eigenvalue weighted by molar-refractivity contribution is 0.307. The van der Waals surface area contributed by atoms with Crippen LogP contribution in [0, 0.1) is 11.8 Å². The highest BCUT2D eigenvalue weighted by Gasteiger charge is 2.11. The lowest BCUT2D eigenvalue weighted by atomic mass is 9.87. The zero-order valence-corrected chi connectivity index (χ0v) is 14.4. The summed E-state index contributed by atoms with van der Waals surface area (Å²) in [7, 11) is 1.72. The van der Waals surface area contributed by atoms with Gasteiger partial charge in [0.15, 0.2) is 0 Å².